The lowest BCUT2D eigenvalue weighted by Crippen LogP contribution is -2.18. The highest BCUT2D eigenvalue weighted by molar-refractivity contribution is 7.98. The van der Waals surface area contributed by atoms with Crippen LogP contribution in [0, 0.1) is 0 Å². The first-order chi connectivity index (χ1) is 10.1. The van der Waals surface area contributed by atoms with Gasteiger partial charge in [-0.2, -0.15) is 0 Å². The maximum absolute atomic E-state index is 5.85. The SMILES string of the molecule is CC(C)n1c(N)nnc1SCc1csc(N(C)C2CC2)n1. The molecule has 3 rings (SSSR count). The second-order valence-electron chi connectivity index (χ2n) is 5.56. The average Bonchev–Trinajstić information content (AvgIpc) is 3.07. The third-order valence-electron chi connectivity index (χ3n) is 3.49. The van der Waals surface area contributed by atoms with Gasteiger partial charge in [-0.15, -0.1) is 21.5 Å². The van der Waals surface area contributed by atoms with Crippen molar-refractivity contribution in [2.24, 2.45) is 0 Å². The predicted octanol–water partition coefficient (Wildman–Crippen LogP) is 2.79. The number of thioether (sulfide) groups is 1. The van der Waals surface area contributed by atoms with E-state index in [0.717, 1.165) is 21.7 Å². The maximum atomic E-state index is 5.85. The van der Waals surface area contributed by atoms with Gasteiger partial charge in [0.05, 0.1) is 5.69 Å². The van der Waals surface area contributed by atoms with Gasteiger partial charge in [-0.3, -0.25) is 4.57 Å². The van der Waals surface area contributed by atoms with Gasteiger partial charge in [-0.25, -0.2) is 4.98 Å². The van der Waals surface area contributed by atoms with Crippen LogP contribution >= 0.6 is 23.1 Å². The first-order valence-corrected chi connectivity index (χ1v) is 8.93. The smallest absolute Gasteiger partial charge is 0.222 e. The molecule has 1 saturated carbocycles. The summed E-state index contributed by atoms with van der Waals surface area (Å²) in [4.78, 5) is 6.99. The van der Waals surface area contributed by atoms with E-state index in [4.69, 9.17) is 10.7 Å². The molecule has 1 aliphatic rings. The van der Waals surface area contributed by atoms with Gasteiger partial charge in [-0.1, -0.05) is 11.8 Å². The van der Waals surface area contributed by atoms with Crippen molar-refractivity contribution in [2.45, 2.75) is 49.7 Å². The summed E-state index contributed by atoms with van der Waals surface area (Å²) in [6, 6.07) is 0.954. The molecule has 0 radical (unpaired) electrons. The van der Waals surface area contributed by atoms with Gasteiger partial charge in [0, 0.05) is 30.3 Å². The maximum Gasteiger partial charge on any atom is 0.222 e. The Morgan fingerprint density at radius 2 is 2.24 bits per heavy atom. The molecule has 21 heavy (non-hydrogen) atoms. The third kappa shape index (κ3) is 3.16. The van der Waals surface area contributed by atoms with E-state index in [-0.39, 0.29) is 6.04 Å². The standard InChI is InChI=1S/C13H20N6S2/c1-8(2)19-11(14)16-17-13(19)21-7-9-6-20-12(15-9)18(3)10-4-5-10/h6,8,10H,4-5,7H2,1-3H3,(H2,14,16). The first-order valence-electron chi connectivity index (χ1n) is 7.06. The van der Waals surface area contributed by atoms with Crippen molar-refractivity contribution in [3.63, 3.8) is 0 Å². The summed E-state index contributed by atoms with van der Waals surface area (Å²) in [5.41, 5.74) is 6.94. The van der Waals surface area contributed by atoms with Crippen molar-refractivity contribution in [3.8, 4) is 0 Å². The third-order valence-corrected chi connectivity index (χ3v) is 5.45. The Morgan fingerprint density at radius 3 is 2.90 bits per heavy atom. The molecule has 0 unspecified atom stereocenters. The van der Waals surface area contributed by atoms with Crippen LogP contribution in [-0.4, -0.2) is 32.8 Å². The largest absolute Gasteiger partial charge is 0.368 e. The van der Waals surface area contributed by atoms with E-state index in [9.17, 15) is 0 Å². The molecule has 0 aliphatic heterocycles. The number of aromatic nitrogens is 4. The first kappa shape index (κ1) is 14.6. The Bertz CT molecular complexity index is 616. The van der Waals surface area contributed by atoms with Crippen LogP contribution in [0.5, 0.6) is 0 Å². The van der Waals surface area contributed by atoms with Gasteiger partial charge < -0.3 is 10.6 Å². The van der Waals surface area contributed by atoms with Crippen LogP contribution in [-0.2, 0) is 5.75 Å². The molecule has 0 aromatic carbocycles. The normalized spacial score (nSPS) is 14.9. The number of hydrogen-bond donors (Lipinski definition) is 1. The number of nitrogen functional groups attached to an aromatic ring is 1. The highest BCUT2D eigenvalue weighted by atomic mass is 32.2. The molecule has 0 atom stereocenters. The second-order valence-corrected chi connectivity index (χ2v) is 7.34. The Kier molecular flexibility index (Phi) is 4.08. The van der Waals surface area contributed by atoms with Crippen molar-refractivity contribution in [3.05, 3.63) is 11.1 Å². The van der Waals surface area contributed by atoms with Crippen LogP contribution in [0.4, 0.5) is 11.1 Å². The molecular formula is C13H20N6S2. The zero-order valence-corrected chi connectivity index (χ0v) is 14.1. The monoisotopic (exact) mass is 324 g/mol. The highest BCUT2D eigenvalue weighted by Gasteiger charge is 2.28. The number of hydrogen-bond acceptors (Lipinski definition) is 7. The summed E-state index contributed by atoms with van der Waals surface area (Å²) in [6.45, 7) is 4.16. The topological polar surface area (TPSA) is 72.9 Å². The summed E-state index contributed by atoms with van der Waals surface area (Å²) in [5.74, 6) is 1.26. The zero-order valence-electron chi connectivity index (χ0n) is 12.5. The second kappa shape index (κ2) is 5.84. The predicted molar refractivity (Wildman–Crippen MR) is 87.9 cm³/mol. The van der Waals surface area contributed by atoms with Gasteiger partial charge in [-0.05, 0) is 26.7 Å². The van der Waals surface area contributed by atoms with Crippen molar-refractivity contribution < 1.29 is 0 Å². The Hall–Kier alpha value is -1.28. The van der Waals surface area contributed by atoms with Crippen molar-refractivity contribution in [1.29, 1.82) is 0 Å². The van der Waals surface area contributed by atoms with Crippen LogP contribution in [0.3, 0.4) is 0 Å². The van der Waals surface area contributed by atoms with E-state index in [1.807, 2.05) is 4.57 Å². The van der Waals surface area contributed by atoms with Gasteiger partial charge in [0.1, 0.15) is 0 Å². The quantitative estimate of drug-likeness (QED) is 0.824. The van der Waals surface area contributed by atoms with Crippen molar-refractivity contribution >= 4 is 34.2 Å². The molecule has 8 heteroatoms. The fourth-order valence-corrected chi connectivity index (χ4v) is 4.09. The molecule has 6 nitrogen and oxygen atoms in total. The van der Waals surface area contributed by atoms with Crippen LogP contribution < -0.4 is 10.6 Å². The summed E-state index contributed by atoms with van der Waals surface area (Å²) in [7, 11) is 2.13. The van der Waals surface area contributed by atoms with Gasteiger partial charge in [0.25, 0.3) is 0 Å². The number of nitrogens with two attached hydrogens (primary N) is 1. The summed E-state index contributed by atoms with van der Waals surface area (Å²) < 4.78 is 1.95. The molecule has 2 heterocycles. The Labute approximate surface area is 132 Å². The minimum atomic E-state index is 0.259. The van der Waals surface area contributed by atoms with Gasteiger partial charge >= 0.3 is 0 Å². The van der Waals surface area contributed by atoms with Gasteiger partial charge in [0.2, 0.25) is 5.95 Å². The molecular weight excluding hydrogens is 304 g/mol. The van der Waals surface area contributed by atoms with Crippen LogP contribution in [0.1, 0.15) is 38.4 Å². The fraction of sp³-hybridized carbons (Fsp3) is 0.615. The minimum Gasteiger partial charge on any atom is -0.368 e. The number of nitrogens with zero attached hydrogens (tertiary/aromatic N) is 5. The lowest BCUT2D eigenvalue weighted by molar-refractivity contribution is 0.557. The molecule has 0 bridgehead atoms. The van der Waals surface area contributed by atoms with Crippen molar-refractivity contribution in [1.82, 2.24) is 19.7 Å². The highest BCUT2D eigenvalue weighted by Crippen LogP contribution is 2.33. The van der Waals surface area contributed by atoms with E-state index in [1.165, 1.54) is 12.8 Å². The van der Waals surface area contributed by atoms with Crippen LogP contribution in [0.2, 0.25) is 0 Å². The molecule has 0 saturated heterocycles. The molecule has 0 amide bonds. The molecule has 1 aliphatic carbocycles. The van der Waals surface area contributed by atoms with E-state index >= 15 is 0 Å². The van der Waals surface area contributed by atoms with Crippen molar-refractivity contribution in [2.75, 3.05) is 17.7 Å². The molecule has 114 valence electrons. The number of rotatable bonds is 6. The molecule has 2 aromatic heterocycles. The summed E-state index contributed by atoms with van der Waals surface area (Å²) in [6.07, 6.45) is 2.58. The summed E-state index contributed by atoms with van der Waals surface area (Å²) >= 11 is 3.34. The molecule has 0 spiro atoms. The molecule has 2 aromatic rings. The van der Waals surface area contributed by atoms with E-state index in [2.05, 4.69) is 41.4 Å². The Balaban J connectivity index is 1.65. The van der Waals surface area contributed by atoms with E-state index in [0.29, 0.717) is 12.0 Å². The average molecular weight is 324 g/mol. The van der Waals surface area contributed by atoms with Crippen LogP contribution in [0.25, 0.3) is 0 Å². The number of thiazole rings is 1. The number of anilines is 2. The minimum absolute atomic E-state index is 0.259. The zero-order chi connectivity index (χ0) is 15.0. The lowest BCUT2D eigenvalue weighted by Gasteiger charge is -2.13. The molecule has 2 N–H and O–H groups in total. The fourth-order valence-electron chi connectivity index (χ4n) is 2.15. The van der Waals surface area contributed by atoms with E-state index < -0.39 is 0 Å². The molecule has 1 fully saturated rings. The van der Waals surface area contributed by atoms with Gasteiger partial charge in [0.15, 0.2) is 10.3 Å². The summed E-state index contributed by atoms with van der Waals surface area (Å²) in [5, 5.41) is 12.2. The van der Waals surface area contributed by atoms with Crippen LogP contribution in [0.15, 0.2) is 10.5 Å². The lowest BCUT2D eigenvalue weighted by atomic mass is 10.4. The Morgan fingerprint density at radius 1 is 1.48 bits per heavy atom. The van der Waals surface area contributed by atoms with E-state index in [1.54, 1.807) is 23.1 Å².